The first-order valence-electron chi connectivity index (χ1n) is 7.19. The Bertz CT molecular complexity index is 668. The van der Waals surface area contributed by atoms with E-state index in [0.29, 0.717) is 31.2 Å². The van der Waals surface area contributed by atoms with Gasteiger partial charge in [-0.25, -0.2) is 0 Å². The zero-order valence-electron chi connectivity index (χ0n) is 12.6. The second-order valence-electron chi connectivity index (χ2n) is 5.24. The van der Waals surface area contributed by atoms with Crippen molar-refractivity contribution in [2.75, 3.05) is 26.8 Å². The lowest BCUT2D eigenvalue weighted by Gasteiger charge is -2.30. The van der Waals surface area contributed by atoms with E-state index in [1.54, 1.807) is 18.1 Å². The van der Waals surface area contributed by atoms with Crippen LogP contribution in [0.1, 0.15) is 17.4 Å². The highest BCUT2D eigenvalue weighted by atomic mass is 16.5. The van der Waals surface area contributed by atoms with Gasteiger partial charge in [0.15, 0.2) is 11.5 Å². The molecule has 0 spiro atoms. The molecule has 1 unspecified atom stereocenters. The molecule has 116 valence electrons. The third-order valence-corrected chi connectivity index (χ3v) is 3.61. The quantitative estimate of drug-likeness (QED) is 0.869. The summed E-state index contributed by atoms with van der Waals surface area (Å²) < 4.78 is 15.9. The molecule has 1 aliphatic rings. The predicted octanol–water partition coefficient (Wildman–Crippen LogP) is 2.21. The third kappa shape index (κ3) is 2.96. The molecule has 1 aromatic heterocycles. The standard InChI is InChI=1S/C16H18N2O4/c1-11-10-18(6-7-21-11)16(19)14-9-15(22-17-14)12-4-3-5-13(8-12)20-2/h3-5,8-9,11H,6-7,10H2,1-2H3. The van der Waals surface area contributed by atoms with Crippen LogP contribution in [0.25, 0.3) is 11.3 Å². The van der Waals surface area contributed by atoms with E-state index in [1.165, 1.54) is 0 Å². The van der Waals surface area contributed by atoms with Crippen molar-refractivity contribution in [3.8, 4) is 17.1 Å². The second kappa shape index (κ2) is 6.19. The molecule has 0 radical (unpaired) electrons. The number of morpholine rings is 1. The van der Waals surface area contributed by atoms with E-state index in [9.17, 15) is 4.79 Å². The molecule has 1 atom stereocenters. The summed E-state index contributed by atoms with van der Waals surface area (Å²) >= 11 is 0. The maximum atomic E-state index is 12.4. The van der Waals surface area contributed by atoms with E-state index in [2.05, 4.69) is 5.16 Å². The SMILES string of the molecule is COc1cccc(-c2cc(C(=O)N3CCOC(C)C3)no2)c1. The van der Waals surface area contributed by atoms with E-state index in [1.807, 2.05) is 31.2 Å². The van der Waals surface area contributed by atoms with Crippen molar-refractivity contribution in [3.05, 3.63) is 36.0 Å². The Balaban J connectivity index is 1.79. The van der Waals surface area contributed by atoms with Gasteiger partial charge in [0.25, 0.3) is 5.91 Å². The molecule has 2 heterocycles. The van der Waals surface area contributed by atoms with Crippen molar-refractivity contribution < 1.29 is 18.8 Å². The average molecular weight is 302 g/mol. The van der Waals surface area contributed by atoms with Gasteiger partial charge in [0.05, 0.1) is 19.8 Å². The zero-order chi connectivity index (χ0) is 15.5. The minimum absolute atomic E-state index is 0.0439. The van der Waals surface area contributed by atoms with E-state index in [4.69, 9.17) is 14.0 Å². The van der Waals surface area contributed by atoms with Crippen molar-refractivity contribution in [1.29, 1.82) is 0 Å². The lowest BCUT2D eigenvalue weighted by atomic mass is 10.1. The largest absolute Gasteiger partial charge is 0.497 e. The average Bonchev–Trinajstić information content (AvgIpc) is 3.04. The van der Waals surface area contributed by atoms with Crippen molar-refractivity contribution >= 4 is 5.91 Å². The maximum Gasteiger partial charge on any atom is 0.276 e. The first-order chi connectivity index (χ1) is 10.7. The molecule has 3 rings (SSSR count). The van der Waals surface area contributed by atoms with Crippen LogP contribution in [0, 0.1) is 0 Å². The molecular formula is C16H18N2O4. The zero-order valence-corrected chi connectivity index (χ0v) is 12.6. The first-order valence-corrected chi connectivity index (χ1v) is 7.19. The van der Waals surface area contributed by atoms with E-state index < -0.39 is 0 Å². The van der Waals surface area contributed by atoms with Crippen LogP contribution < -0.4 is 4.74 Å². The summed E-state index contributed by atoms with van der Waals surface area (Å²) in [6.45, 7) is 3.64. The number of hydrogen-bond donors (Lipinski definition) is 0. The summed E-state index contributed by atoms with van der Waals surface area (Å²) in [6, 6.07) is 9.10. The number of hydrogen-bond acceptors (Lipinski definition) is 5. The summed E-state index contributed by atoms with van der Waals surface area (Å²) in [4.78, 5) is 14.2. The van der Waals surface area contributed by atoms with Crippen molar-refractivity contribution in [2.45, 2.75) is 13.0 Å². The van der Waals surface area contributed by atoms with E-state index >= 15 is 0 Å². The van der Waals surface area contributed by atoms with Crippen LogP contribution in [0.3, 0.4) is 0 Å². The summed E-state index contributed by atoms with van der Waals surface area (Å²) in [5.74, 6) is 1.14. The number of benzene rings is 1. The molecule has 1 amide bonds. The summed E-state index contributed by atoms with van der Waals surface area (Å²) in [5, 5.41) is 3.90. The Morgan fingerprint density at radius 2 is 2.27 bits per heavy atom. The number of nitrogens with zero attached hydrogens (tertiary/aromatic N) is 2. The van der Waals surface area contributed by atoms with Crippen LogP contribution in [-0.2, 0) is 4.74 Å². The lowest BCUT2D eigenvalue weighted by Crippen LogP contribution is -2.44. The van der Waals surface area contributed by atoms with E-state index in [-0.39, 0.29) is 12.0 Å². The number of aromatic nitrogens is 1. The molecular weight excluding hydrogens is 284 g/mol. The van der Waals surface area contributed by atoms with Gasteiger partial charge in [-0.1, -0.05) is 17.3 Å². The molecule has 2 aromatic rings. The number of rotatable bonds is 3. The molecule has 1 aliphatic heterocycles. The Hall–Kier alpha value is -2.34. The molecule has 6 nitrogen and oxygen atoms in total. The van der Waals surface area contributed by atoms with Crippen LogP contribution in [-0.4, -0.2) is 48.9 Å². The Morgan fingerprint density at radius 3 is 3.05 bits per heavy atom. The second-order valence-corrected chi connectivity index (χ2v) is 5.24. The van der Waals surface area contributed by atoms with Gasteiger partial charge in [-0.2, -0.15) is 0 Å². The van der Waals surface area contributed by atoms with Gasteiger partial charge < -0.3 is 18.9 Å². The van der Waals surface area contributed by atoms with Gasteiger partial charge >= 0.3 is 0 Å². The monoisotopic (exact) mass is 302 g/mol. The van der Waals surface area contributed by atoms with Gasteiger partial charge in [0, 0.05) is 24.7 Å². The number of carbonyl (C=O) groups is 1. The Morgan fingerprint density at radius 1 is 1.41 bits per heavy atom. The fraction of sp³-hybridized carbons (Fsp3) is 0.375. The number of ether oxygens (including phenoxy) is 2. The highest BCUT2D eigenvalue weighted by Crippen LogP contribution is 2.25. The van der Waals surface area contributed by atoms with Gasteiger partial charge in [0.2, 0.25) is 0 Å². The smallest absolute Gasteiger partial charge is 0.276 e. The molecule has 0 N–H and O–H groups in total. The van der Waals surface area contributed by atoms with Crippen LogP contribution in [0.5, 0.6) is 5.75 Å². The predicted molar refractivity (Wildman–Crippen MR) is 79.8 cm³/mol. The summed E-state index contributed by atoms with van der Waals surface area (Å²) in [6.07, 6.45) is 0.0439. The maximum absolute atomic E-state index is 12.4. The van der Waals surface area contributed by atoms with Crippen LogP contribution >= 0.6 is 0 Å². The topological polar surface area (TPSA) is 64.8 Å². The molecule has 1 fully saturated rings. The van der Waals surface area contributed by atoms with Crippen LogP contribution in [0.15, 0.2) is 34.9 Å². The fourth-order valence-electron chi connectivity index (χ4n) is 2.45. The van der Waals surface area contributed by atoms with Gasteiger partial charge in [-0.05, 0) is 19.1 Å². The molecule has 1 saturated heterocycles. The summed E-state index contributed by atoms with van der Waals surface area (Å²) in [7, 11) is 1.61. The summed E-state index contributed by atoms with van der Waals surface area (Å²) in [5.41, 5.74) is 1.13. The first kappa shape index (κ1) is 14.6. The van der Waals surface area contributed by atoms with E-state index in [0.717, 1.165) is 11.3 Å². The van der Waals surface area contributed by atoms with Crippen molar-refractivity contribution in [2.24, 2.45) is 0 Å². The minimum Gasteiger partial charge on any atom is -0.497 e. The normalized spacial score (nSPS) is 18.3. The van der Waals surface area contributed by atoms with Gasteiger partial charge in [-0.15, -0.1) is 0 Å². The van der Waals surface area contributed by atoms with Crippen LogP contribution in [0.2, 0.25) is 0 Å². The number of carbonyl (C=O) groups excluding carboxylic acids is 1. The van der Waals surface area contributed by atoms with Gasteiger partial charge in [-0.3, -0.25) is 4.79 Å². The molecule has 0 bridgehead atoms. The fourth-order valence-corrected chi connectivity index (χ4v) is 2.45. The highest BCUT2D eigenvalue weighted by molar-refractivity contribution is 5.93. The molecule has 1 aromatic carbocycles. The van der Waals surface area contributed by atoms with Gasteiger partial charge in [0.1, 0.15) is 5.75 Å². The molecule has 6 heteroatoms. The molecule has 0 aliphatic carbocycles. The Kier molecular flexibility index (Phi) is 4.11. The number of amides is 1. The van der Waals surface area contributed by atoms with Crippen molar-refractivity contribution in [1.82, 2.24) is 10.1 Å². The lowest BCUT2D eigenvalue weighted by molar-refractivity contribution is -0.0127. The highest BCUT2D eigenvalue weighted by Gasteiger charge is 2.25. The van der Waals surface area contributed by atoms with Crippen LogP contribution in [0.4, 0.5) is 0 Å². The number of methoxy groups -OCH3 is 1. The Labute approximate surface area is 128 Å². The molecule has 0 saturated carbocycles. The van der Waals surface area contributed by atoms with Crippen molar-refractivity contribution in [3.63, 3.8) is 0 Å². The third-order valence-electron chi connectivity index (χ3n) is 3.61. The minimum atomic E-state index is -0.131. The molecule has 22 heavy (non-hydrogen) atoms.